The van der Waals surface area contributed by atoms with Gasteiger partial charge in [0.05, 0.1) is 0 Å². The van der Waals surface area contributed by atoms with Crippen LogP contribution in [0.5, 0.6) is 0 Å². The second kappa shape index (κ2) is 5.84. The number of nitrogens with two attached hydrogens (primary N) is 1. The third-order valence-electron chi connectivity index (χ3n) is 2.56. The molecular weight excluding hydrogens is 240 g/mol. The highest BCUT2D eigenvalue weighted by atomic mass is 35.5. The number of amides is 1. The van der Waals surface area contributed by atoms with Crippen LogP contribution in [0.2, 0.25) is 5.15 Å². The van der Waals surface area contributed by atoms with Crippen molar-refractivity contribution in [1.29, 1.82) is 0 Å². The van der Waals surface area contributed by atoms with Crippen LogP contribution in [0.3, 0.4) is 0 Å². The number of hydrazine groups is 1. The highest BCUT2D eigenvalue weighted by Gasteiger charge is 2.14. The van der Waals surface area contributed by atoms with Gasteiger partial charge in [-0.15, -0.1) is 0 Å². The number of nitrogen functional groups attached to an aromatic ring is 1. The van der Waals surface area contributed by atoms with Gasteiger partial charge in [0, 0.05) is 11.6 Å². The van der Waals surface area contributed by atoms with Crippen molar-refractivity contribution in [2.45, 2.75) is 26.8 Å². The fourth-order valence-corrected chi connectivity index (χ4v) is 1.37. The lowest BCUT2D eigenvalue weighted by molar-refractivity contribution is 0.0930. The summed E-state index contributed by atoms with van der Waals surface area (Å²) in [7, 11) is 0. The molecule has 1 atom stereocenters. The number of nitrogens with one attached hydrogen (secondary N) is 2. The third-order valence-corrected chi connectivity index (χ3v) is 2.76. The number of nitrogens with zero attached hydrogens (tertiary/aromatic N) is 1. The van der Waals surface area contributed by atoms with Crippen LogP contribution >= 0.6 is 11.6 Å². The first-order valence-electron chi connectivity index (χ1n) is 5.39. The largest absolute Gasteiger partial charge is 0.349 e. The molecule has 1 unspecified atom stereocenters. The van der Waals surface area contributed by atoms with E-state index in [4.69, 9.17) is 17.4 Å². The number of carbonyl (C=O) groups is 1. The third kappa shape index (κ3) is 3.87. The van der Waals surface area contributed by atoms with Gasteiger partial charge < -0.3 is 10.7 Å². The Morgan fingerprint density at radius 2 is 2.06 bits per heavy atom. The van der Waals surface area contributed by atoms with Crippen molar-refractivity contribution in [2.24, 2.45) is 11.8 Å². The first-order chi connectivity index (χ1) is 7.93. The van der Waals surface area contributed by atoms with E-state index in [1.54, 1.807) is 6.07 Å². The molecule has 0 spiro atoms. The molecule has 1 aromatic heterocycles. The normalized spacial score (nSPS) is 12.4. The van der Waals surface area contributed by atoms with Gasteiger partial charge in [-0.25, -0.2) is 10.8 Å². The molecule has 0 saturated carbocycles. The molecule has 0 aromatic carbocycles. The monoisotopic (exact) mass is 256 g/mol. The van der Waals surface area contributed by atoms with E-state index in [1.165, 1.54) is 6.07 Å². The lowest BCUT2D eigenvalue weighted by Gasteiger charge is -2.17. The number of anilines is 1. The maximum atomic E-state index is 11.9. The lowest BCUT2D eigenvalue weighted by Crippen LogP contribution is -2.36. The second-order valence-corrected chi connectivity index (χ2v) is 4.60. The minimum atomic E-state index is -0.188. The molecule has 94 valence electrons. The Morgan fingerprint density at radius 1 is 1.41 bits per heavy atom. The zero-order valence-electron chi connectivity index (χ0n) is 10.1. The van der Waals surface area contributed by atoms with Crippen LogP contribution in [0.15, 0.2) is 12.1 Å². The van der Waals surface area contributed by atoms with Crippen molar-refractivity contribution in [1.82, 2.24) is 10.3 Å². The number of hydrogen-bond donors (Lipinski definition) is 3. The van der Waals surface area contributed by atoms with E-state index in [0.29, 0.717) is 17.3 Å². The number of hydrogen-bond acceptors (Lipinski definition) is 4. The summed E-state index contributed by atoms with van der Waals surface area (Å²) in [6, 6.07) is 3.14. The Balaban J connectivity index is 2.85. The number of rotatable bonds is 4. The van der Waals surface area contributed by atoms with Gasteiger partial charge in [-0.3, -0.25) is 4.79 Å². The second-order valence-electron chi connectivity index (χ2n) is 4.21. The van der Waals surface area contributed by atoms with Gasteiger partial charge in [0.15, 0.2) is 0 Å². The number of carbonyl (C=O) groups excluding carboxylic acids is 1. The van der Waals surface area contributed by atoms with Crippen LogP contribution in [0.25, 0.3) is 0 Å². The minimum absolute atomic E-state index is 0.0868. The SMILES string of the molecule is CC(C)C(C)NC(=O)c1cc(Cl)nc(NN)c1. The molecular formula is C11H17ClN4O. The fourth-order valence-electron chi connectivity index (χ4n) is 1.16. The zero-order chi connectivity index (χ0) is 13.0. The van der Waals surface area contributed by atoms with Crippen LogP contribution in [-0.2, 0) is 0 Å². The van der Waals surface area contributed by atoms with Gasteiger partial charge in [0.2, 0.25) is 0 Å². The Labute approximate surface area is 106 Å². The molecule has 1 amide bonds. The number of halogens is 1. The van der Waals surface area contributed by atoms with Crippen LogP contribution in [-0.4, -0.2) is 16.9 Å². The predicted molar refractivity (Wildman–Crippen MR) is 68.8 cm³/mol. The van der Waals surface area contributed by atoms with Gasteiger partial charge in [-0.05, 0) is 25.0 Å². The summed E-state index contributed by atoms with van der Waals surface area (Å²) < 4.78 is 0. The van der Waals surface area contributed by atoms with Gasteiger partial charge in [-0.1, -0.05) is 25.4 Å². The van der Waals surface area contributed by atoms with Crippen LogP contribution < -0.4 is 16.6 Å². The Kier molecular flexibility index (Phi) is 4.72. The highest BCUT2D eigenvalue weighted by molar-refractivity contribution is 6.29. The van der Waals surface area contributed by atoms with E-state index in [0.717, 1.165) is 0 Å². The van der Waals surface area contributed by atoms with Crippen LogP contribution in [0, 0.1) is 5.92 Å². The van der Waals surface area contributed by atoms with Crippen molar-refractivity contribution in [2.75, 3.05) is 5.43 Å². The minimum Gasteiger partial charge on any atom is -0.349 e. The lowest BCUT2D eigenvalue weighted by atomic mass is 10.1. The Morgan fingerprint density at radius 3 is 2.59 bits per heavy atom. The molecule has 6 heteroatoms. The maximum absolute atomic E-state index is 11.9. The summed E-state index contributed by atoms with van der Waals surface area (Å²) in [6.45, 7) is 6.03. The van der Waals surface area contributed by atoms with Gasteiger partial charge in [0.25, 0.3) is 5.91 Å². The molecule has 1 heterocycles. The number of pyridine rings is 1. The molecule has 1 aromatic rings. The Bertz CT molecular complexity index is 408. The molecule has 0 aliphatic heterocycles. The van der Waals surface area contributed by atoms with Gasteiger partial charge in [0.1, 0.15) is 11.0 Å². The summed E-state index contributed by atoms with van der Waals surface area (Å²) in [5, 5.41) is 3.11. The van der Waals surface area contributed by atoms with E-state index >= 15 is 0 Å². The van der Waals surface area contributed by atoms with E-state index < -0.39 is 0 Å². The average Bonchev–Trinajstić information content (AvgIpc) is 2.27. The molecule has 17 heavy (non-hydrogen) atoms. The maximum Gasteiger partial charge on any atom is 0.251 e. The zero-order valence-corrected chi connectivity index (χ0v) is 10.9. The summed E-state index contributed by atoms with van der Waals surface area (Å²) in [4.78, 5) is 15.8. The molecule has 1 rings (SSSR count). The molecule has 0 saturated heterocycles. The molecule has 0 aliphatic rings. The molecule has 5 nitrogen and oxygen atoms in total. The summed E-state index contributed by atoms with van der Waals surface area (Å²) >= 11 is 5.79. The van der Waals surface area contributed by atoms with Crippen LogP contribution in [0.4, 0.5) is 5.82 Å². The number of aromatic nitrogens is 1. The van der Waals surface area contributed by atoms with E-state index in [9.17, 15) is 4.79 Å². The molecule has 0 fully saturated rings. The highest BCUT2D eigenvalue weighted by Crippen LogP contribution is 2.14. The predicted octanol–water partition coefficient (Wildman–Crippen LogP) is 1.79. The van der Waals surface area contributed by atoms with Crippen molar-refractivity contribution in [3.63, 3.8) is 0 Å². The van der Waals surface area contributed by atoms with E-state index in [-0.39, 0.29) is 17.1 Å². The Hall–Kier alpha value is -1.33. The summed E-state index contributed by atoms with van der Waals surface area (Å²) in [6.07, 6.45) is 0. The van der Waals surface area contributed by atoms with Crippen molar-refractivity contribution in [3.8, 4) is 0 Å². The van der Waals surface area contributed by atoms with E-state index in [1.807, 2.05) is 20.8 Å². The molecule has 0 radical (unpaired) electrons. The molecule has 0 aliphatic carbocycles. The van der Waals surface area contributed by atoms with Crippen molar-refractivity contribution >= 4 is 23.3 Å². The average molecular weight is 257 g/mol. The standard InChI is InChI=1S/C11H17ClN4O/c1-6(2)7(3)14-11(17)8-4-9(12)15-10(5-8)16-13/h4-7H,13H2,1-3H3,(H,14,17)(H,15,16). The smallest absolute Gasteiger partial charge is 0.251 e. The molecule has 4 N–H and O–H groups in total. The van der Waals surface area contributed by atoms with Crippen molar-refractivity contribution in [3.05, 3.63) is 22.8 Å². The van der Waals surface area contributed by atoms with Crippen LogP contribution in [0.1, 0.15) is 31.1 Å². The molecule has 0 bridgehead atoms. The van der Waals surface area contributed by atoms with E-state index in [2.05, 4.69) is 15.7 Å². The summed E-state index contributed by atoms with van der Waals surface area (Å²) in [5.41, 5.74) is 2.80. The first-order valence-corrected chi connectivity index (χ1v) is 5.77. The fraction of sp³-hybridized carbons (Fsp3) is 0.455. The quantitative estimate of drug-likeness (QED) is 0.436. The van der Waals surface area contributed by atoms with Crippen molar-refractivity contribution < 1.29 is 4.79 Å². The van der Waals surface area contributed by atoms with Gasteiger partial charge >= 0.3 is 0 Å². The first kappa shape index (κ1) is 13.7. The van der Waals surface area contributed by atoms with Gasteiger partial charge in [-0.2, -0.15) is 0 Å². The summed E-state index contributed by atoms with van der Waals surface area (Å²) in [5.74, 6) is 5.77. The topological polar surface area (TPSA) is 80.0 Å².